The minimum Gasteiger partial charge on any atom is -0.394 e. The fourth-order valence-electron chi connectivity index (χ4n) is 2.86. The van der Waals surface area contributed by atoms with Gasteiger partial charge >= 0.3 is 0 Å². The van der Waals surface area contributed by atoms with E-state index in [4.69, 9.17) is 14.2 Å². The molecule has 0 aromatic rings. The molecule has 6 N–H and O–H groups in total. The molecule has 0 spiro atoms. The normalized spacial score (nSPS) is 46.5. The molecule has 10 nitrogen and oxygen atoms in total. The predicted octanol–water partition coefficient (Wildman–Crippen LogP) is -3.20. The number of amides is 1. The van der Waals surface area contributed by atoms with Crippen LogP contribution in [0.2, 0.25) is 0 Å². The van der Waals surface area contributed by atoms with Crippen LogP contribution in [-0.4, -0.2) is 93.3 Å². The molecule has 2 aliphatic heterocycles. The average molecular weight is 351 g/mol. The zero-order valence-electron chi connectivity index (χ0n) is 13.5. The number of aliphatic hydroxyl groups is 5. The third kappa shape index (κ3) is 4.21. The van der Waals surface area contributed by atoms with Crippen LogP contribution < -0.4 is 5.32 Å². The van der Waals surface area contributed by atoms with Gasteiger partial charge in [-0.15, -0.1) is 0 Å². The van der Waals surface area contributed by atoms with Gasteiger partial charge < -0.3 is 45.1 Å². The second kappa shape index (κ2) is 8.02. The van der Waals surface area contributed by atoms with Gasteiger partial charge in [-0.05, 0) is 6.92 Å². The number of hydrogen-bond donors (Lipinski definition) is 6. The average Bonchev–Trinajstić information content (AvgIpc) is 2.50. The van der Waals surface area contributed by atoms with Crippen LogP contribution in [0.3, 0.4) is 0 Å². The number of aliphatic hydroxyl groups excluding tert-OH is 5. The first-order valence-corrected chi connectivity index (χ1v) is 7.81. The van der Waals surface area contributed by atoms with E-state index in [0.29, 0.717) is 0 Å². The van der Waals surface area contributed by atoms with Gasteiger partial charge in [0.05, 0.1) is 18.8 Å². The van der Waals surface area contributed by atoms with Crippen molar-refractivity contribution >= 4 is 5.91 Å². The van der Waals surface area contributed by atoms with E-state index in [2.05, 4.69) is 5.32 Å². The van der Waals surface area contributed by atoms with E-state index in [9.17, 15) is 30.3 Å². The van der Waals surface area contributed by atoms with Gasteiger partial charge in [-0.3, -0.25) is 4.79 Å². The molecule has 140 valence electrons. The van der Waals surface area contributed by atoms with Crippen molar-refractivity contribution in [1.82, 2.24) is 5.32 Å². The lowest BCUT2D eigenvalue weighted by Gasteiger charge is -2.45. The van der Waals surface area contributed by atoms with Gasteiger partial charge in [-0.2, -0.15) is 0 Å². The zero-order chi connectivity index (χ0) is 18.0. The van der Waals surface area contributed by atoms with Gasteiger partial charge in [0.25, 0.3) is 0 Å². The van der Waals surface area contributed by atoms with Gasteiger partial charge in [0, 0.05) is 13.3 Å². The van der Waals surface area contributed by atoms with Crippen molar-refractivity contribution in [3.8, 4) is 0 Å². The highest BCUT2D eigenvalue weighted by Crippen LogP contribution is 2.28. The van der Waals surface area contributed by atoms with Crippen LogP contribution in [0.5, 0.6) is 0 Å². The SMILES string of the molecule is CC(=O)N[C@@H]1[C@@H](O[C@@H]2O[C@H](C)[C@@H](O)C[C@@H]2O)[C@H](O)[C@@H](CO)O[C@H]1O. The van der Waals surface area contributed by atoms with Gasteiger partial charge in [0.2, 0.25) is 5.91 Å². The molecule has 24 heavy (non-hydrogen) atoms. The largest absolute Gasteiger partial charge is 0.394 e. The summed E-state index contributed by atoms with van der Waals surface area (Å²) in [4.78, 5) is 11.3. The van der Waals surface area contributed by atoms with Crippen LogP contribution in [0.1, 0.15) is 20.3 Å². The van der Waals surface area contributed by atoms with Crippen molar-refractivity contribution in [2.45, 2.75) is 75.5 Å². The summed E-state index contributed by atoms with van der Waals surface area (Å²) in [6.07, 6.45) is -9.01. The standard InChI is InChI=1S/C14H25NO9/c1-5-7(18)3-8(19)14(22-5)24-12-10(15-6(2)17)13(21)23-9(4-16)11(12)20/h5,7-14,16,18-21H,3-4H2,1-2H3,(H,15,17)/t5-,7+,8+,9-,10-,11-,12-,13-,14+/m1/s1. The van der Waals surface area contributed by atoms with Crippen LogP contribution in [0.25, 0.3) is 0 Å². The lowest BCUT2D eigenvalue weighted by atomic mass is 9.96. The number of carbonyl (C=O) groups excluding carboxylic acids is 1. The lowest BCUT2D eigenvalue weighted by molar-refractivity contribution is -0.322. The Bertz CT molecular complexity index is 436. The molecule has 0 bridgehead atoms. The third-order valence-corrected chi connectivity index (χ3v) is 4.22. The molecule has 0 aromatic heterocycles. The molecule has 2 aliphatic rings. The second-order valence-electron chi connectivity index (χ2n) is 6.15. The summed E-state index contributed by atoms with van der Waals surface area (Å²) < 4.78 is 16.0. The highest BCUT2D eigenvalue weighted by atomic mass is 16.7. The molecule has 0 saturated carbocycles. The maximum Gasteiger partial charge on any atom is 0.217 e. The Morgan fingerprint density at radius 2 is 1.88 bits per heavy atom. The molecule has 2 saturated heterocycles. The Hall–Kier alpha value is -0.850. The van der Waals surface area contributed by atoms with Crippen molar-refractivity contribution in [2.75, 3.05) is 6.61 Å². The summed E-state index contributed by atoms with van der Waals surface area (Å²) in [5.41, 5.74) is 0. The Labute approximate surface area is 138 Å². The van der Waals surface area contributed by atoms with E-state index in [-0.39, 0.29) is 6.42 Å². The topological polar surface area (TPSA) is 158 Å². The Morgan fingerprint density at radius 3 is 2.46 bits per heavy atom. The highest BCUT2D eigenvalue weighted by molar-refractivity contribution is 5.73. The maximum absolute atomic E-state index is 11.3. The predicted molar refractivity (Wildman–Crippen MR) is 77.4 cm³/mol. The molecule has 1 amide bonds. The molecular weight excluding hydrogens is 326 g/mol. The number of ether oxygens (including phenoxy) is 3. The summed E-state index contributed by atoms with van der Waals surface area (Å²) in [6, 6.07) is -1.13. The molecule has 0 radical (unpaired) electrons. The van der Waals surface area contributed by atoms with E-state index < -0.39 is 67.8 Å². The summed E-state index contributed by atoms with van der Waals surface area (Å²) in [7, 11) is 0. The lowest BCUT2D eigenvalue weighted by Crippen LogP contribution is -2.66. The van der Waals surface area contributed by atoms with Crippen molar-refractivity contribution in [3.63, 3.8) is 0 Å². The highest BCUT2D eigenvalue weighted by Gasteiger charge is 2.48. The van der Waals surface area contributed by atoms with Crippen molar-refractivity contribution in [1.29, 1.82) is 0 Å². The van der Waals surface area contributed by atoms with E-state index in [1.807, 2.05) is 0 Å². The number of rotatable bonds is 4. The summed E-state index contributed by atoms with van der Waals surface area (Å²) in [5.74, 6) is -0.486. The van der Waals surface area contributed by atoms with Crippen LogP contribution >= 0.6 is 0 Å². The molecule has 2 fully saturated rings. The Morgan fingerprint density at radius 1 is 1.21 bits per heavy atom. The van der Waals surface area contributed by atoms with E-state index in [1.165, 1.54) is 6.92 Å². The van der Waals surface area contributed by atoms with Crippen LogP contribution in [0.4, 0.5) is 0 Å². The number of hydrogen-bond acceptors (Lipinski definition) is 9. The van der Waals surface area contributed by atoms with Crippen LogP contribution in [0, 0.1) is 0 Å². The van der Waals surface area contributed by atoms with E-state index in [1.54, 1.807) is 6.92 Å². The fourth-order valence-corrected chi connectivity index (χ4v) is 2.86. The quantitative estimate of drug-likeness (QED) is 0.307. The second-order valence-corrected chi connectivity index (χ2v) is 6.15. The minimum atomic E-state index is -1.52. The Kier molecular flexibility index (Phi) is 6.51. The summed E-state index contributed by atoms with van der Waals surface area (Å²) in [5, 5.41) is 51.7. The first-order valence-electron chi connectivity index (χ1n) is 7.81. The molecule has 2 rings (SSSR count). The molecule has 0 unspecified atom stereocenters. The van der Waals surface area contributed by atoms with Crippen molar-refractivity contribution in [2.24, 2.45) is 0 Å². The molecule has 0 aliphatic carbocycles. The molecule has 0 aromatic carbocycles. The van der Waals surface area contributed by atoms with Gasteiger partial charge in [0.1, 0.15) is 30.5 Å². The Balaban J connectivity index is 2.16. The van der Waals surface area contributed by atoms with E-state index in [0.717, 1.165) is 0 Å². The summed E-state index contributed by atoms with van der Waals surface area (Å²) in [6.45, 7) is 2.25. The zero-order valence-corrected chi connectivity index (χ0v) is 13.5. The van der Waals surface area contributed by atoms with Crippen molar-refractivity contribution < 1.29 is 44.5 Å². The molecular formula is C14H25NO9. The third-order valence-electron chi connectivity index (χ3n) is 4.22. The van der Waals surface area contributed by atoms with Crippen molar-refractivity contribution in [3.05, 3.63) is 0 Å². The molecule has 10 heteroatoms. The first-order chi connectivity index (χ1) is 11.2. The van der Waals surface area contributed by atoms with Gasteiger partial charge in [-0.1, -0.05) is 0 Å². The molecule has 9 atom stereocenters. The minimum absolute atomic E-state index is 0.0158. The fraction of sp³-hybridized carbons (Fsp3) is 0.929. The molecule has 2 heterocycles. The first kappa shape index (κ1) is 19.5. The maximum atomic E-state index is 11.3. The van der Waals surface area contributed by atoms with Gasteiger partial charge in [-0.25, -0.2) is 0 Å². The number of nitrogens with one attached hydrogen (secondary N) is 1. The summed E-state index contributed by atoms with van der Waals surface area (Å²) >= 11 is 0. The van der Waals surface area contributed by atoms with Crippen LogP contribution in [0.15, 0.2) is 0 Å². The van der Waals surface area contributed by atoms with Crippen LogP contribution in [-0.2, 0) is 19.0 Å². The van der Waals surface area contributed by atoms with Gasteiger partial charge in [0.15, 0.2) is 12.6 Å². The van der Waals surface area contributed by atoms with E-state index >= 15 is 0 Å². The monoisotopic (exact) mass is 351 g/mol. The number of carbonyl (C=O) groups is 1. The smallest absolute Gasteiger partial charge is 0.217 e.